The lowest BCUT2D eigenvalue weighted by Crippen LogP contribution is -2.42. The highest BCUT2D eigenvalue weighted by molar-refractivity contribution is 6.74. The molecule has 0 unspecified atom stereocenters. The Hall–Kier alpha value is -1.65. The van der Waals surface area contributed by atoms with Crippen molar-refractivity contribution >= 4 is 14.3 Å². The van der Waals surface area contributed by atoms with Crippen LogP contribution in [0, 0.1) is 11.3 Å². The zero-order valence-corrected chi connectivity index (χ0v) is 22.1. The second kappa shape index (κ2) is 9.46. The lowest BCUT2D eigenvalue weighted by atomic mass is 9.62. The molecule has 0 amide bonds. The van der Waals surface area contributed by atoms with Gasteiger partial charge in [0.1, 0.15) is 6.10 Å². The highest BCUT2D eigenvalue weighted by atomic mass is 28.4. The molecular formula is C27H42O3Si. The van der Waals surface area contributed by atoms with E-state index >= 15 is 0 Å². The Kier molecular flexibility index (Phi) is 7.81. The zero-order valence-electron chi connectivity index (χ0n) is 21.1. The fourth-order valence-corrected chi connectivity index (χ4v) is 5.51. The first-order valence-corrected chi connectivity index (χ1v) is 14.3. The molecule has 0 aromatic heterocycles. The van der Waals surface area contributed by atoms with Gasteiger partial charge >= 0.3 is 5.97 Å². The first-order valence-electron chi connectivity index (χ1n) is 11.4. The Bertz CT molecular complexity index is 828. The van der Waals surface area contributed by atoms with E-state index in [9.17, 15) is 4.79 Å². The number of hydrogen-bond donors (Lipinski definition) is 0. The molecule has 3 nitrogen and oxygen atoms in total. The summed E-state index contributed by atoms with van der Waals surface area (Å²) < 4.78 is 12.5. The van der Waals surface area contributed by atoms with E-state index in [1.807, 2.05) is 18.2 Å². The normalized spacial score (nSPS) is 21.7. The summed E-state index contributed by atoms with van der Waals surface area (Å²) in [6.07, 6.45) is 1.40. The fourth-order valence-electron chi connectivity index (χ4n) is 4.47. The molecule has 172 valence electrons. The molecule has 1 aromatic rings. The zero-order chi connectivity index (χ0) is 23.6. The Morgan fingerprint density at radius 3 is 2.29 bits per heavy atom. The second-order valence-corrected chi connectivity index (χ2v) is 15.9. The third kappa shape index (κ3) is 5.78. The minimum Gasteiger partial charge on any atom is -0.454 e. The van der Waals surface area contributed by atoms with Crippen molar-refractivity contribution in [2.24, 2.45) is 11.3 Å². The summed E-state index contributed by atoms with van der Waals surface area (Å²) in [5, 5.41) is 0.187. The van der Waals surface area contributed by atoms with E-state index in [1.165, 1.54) is 11.1 Å². The maximum absolute atomic E-state index is 12.8. The summed E-state index contributed by atoms with van der Waals surface area (Å²) in [4.78, 5) is 12.8. The highest BCUT2D eigenvalue weighted by Gasteiger charge is 2.43. The van der Waals surface area contributed by atoms with Crippen LogP contribution >= 0.6 is 0 Å². The lowest BCUT2D eigenvalue weighted by molar-refractivity contribution is 0.0252. The molecule has 2 atom stereocenters. The van der Waals surface area contributed by atoms with Crippen LogP contribution in [0.3, 0.4) is 0 Å². The van der Waals surface area contributed by atoms with Gasteiger partial charge in [0.05, 0.1) is 5.56 Å². The van der Waals surface area contributed by atoms with Crippen molar-refractivity contribution < 1.29 is 14.0 Å². The number of hydrogen-bond acceptors (Lipinski definition) is 3. The molecule has 0 fully saturated rings. The molecule has 2 rings (SSSR count). The van der Waals surface area contributed by atoms with Crippen molar-refractivity contribution in [3.63, 3.8) is 0 Å². The van der Waals surface area contributed by atoms with Crippen LogP contribution in [-0.2, 0) is 9.16 Å². The molecule has 0 spiro atoms. The smallest absolute Gasteiger partial charge is 0.338 e. The number of allylic oxidation sites excluding steroid dienone is 1. The quantitative estimate of drug-likeness (QED) is 0.248. The van der Waals surface area contributed by atoms with Gasteiger partial charge in [-0.15, -0.1) is 0 Å². The summed E-state index contributed by atoms with van der Waals surface area (Å²) in [5.74, 6) is -0.00496. The van der Waals surface area contributed by atoms with Gasteiger partial charge < -0.3 is 9.16 Å². The fraction of sp³-hybridized carbons (Fsp3) is 0.593. The predicted octanol–water partition coefficient (Wildman–Crippen LogP) is 7.56. The summed E-state index contributed by atoms with van der Waals surface area (Å²) in [6, 6.07) is 9.24. The van der Waals surface area contributed by atoms with Gasteiger partial charge in [0.2, 0.25) is 0 Å². The number of carbonyl (C=O) groups excluding carboxylic acids is 1. The minimum absolute atomic E-state index is 0.0393. The highest BCUT2D eigenvalue weighted by Crippen LogP contribution is 2.49. The molecule has 0 bridgehead atoms. The number of rotatable bonds is 7. The van der Waals surface area contributed by atoms with Gasteiger partial charge in [0.25, 0.3) is 0 Å². The molecular weight excluding hydrogens is 400 g/mol. The largest absolute Gasteiger partial charge is 0.454 e. The van der Waals surface area contributed by atoms with E-state index < -0.39 is 8.32 Å². The molecule has 4 heteroatoms. The Morgan fingerprint density at radius 1 is 1.19 bits per heavy atom. The van der Waals surface area contributed by atoms with Crippen LogP contribution in [0.5, 0.6) is 0 Å². The van der Waals surface area contributed by atoms with Crippen molar-refractivity contribution in [2.45, 2.75) is 85.5 Å². The van der Waals surface area contributed by atoms with Gasteiger partial charge in [-0.05, 0) is 73.9 Å². The molecule has 1 aromatic carbocycles. The van der Waals surface area contributed by atoms with Gasteiger partial charge in [0.15, 0.2) is 8.32 Å². The Balaban J connectivity index is 2.28. The Labute approximate surface area is 191 Å². The summed E-state index contributed by atoms with van der Waals surface area (Å²) in [5.41, 5.74) is 4.21. The van der Waals surface area contributed by atoms with Crippen molar-refractivity contribution in [1.82, 2.24) is 0 Å². The van der Waals surface area contributed by atoms with Crippen molar-refractivity contribution in [3.8, 4) is 0 Å². The SMILES string of the molecule is C=C(C)[C@@H]1C[C@H](OC(=O)c2ccccc2)C(C)=C(CCO[Si](C)(C)C(C)(C)C)C1(C)C. The Morgan fingerprint density at radius 2 is 1.77 bits per heavy atom. The third-order valence-electron chi connectivity index (χ3n) is 7.53. The van der Waals surface area contributed by atoms with Gasteiger partial charge in [-0.25, -0.2) is 4.79 Å². The standard InChI is InChI=1S/C27H42O3Si/c1-19(2)23-18-24(30-25(28)21-14-12-11-13-15-21)20(3)22(27(23,7)8)16-17-29-31(9,10)26(4,5)6/h11-15,23-24H,1,16-18H2,2-10H3/t23-,24-/m0/s1. The van der Waals surface area contributed by atoms with Crippen molar-refractivity contribution in [1.29, 1.82) is 0 Å². The lowest BCUT2D eigenvalue weighted by Gasteiger charge is -2.45. The first kappa shape index (κ1) is 25.6. The molecule has 0 radical (unpaired) electrons. The van der Waals surface area contributed by atoms with Gasteiger partial charge in [0, 0.05) is 6.61 Å². The molecule has 1 aliphatic carbocycles. The molecule has 1 aliphatic rings. The average molecular weight is 443 g/mol. The molecule has 0 heterocycles. The summed E-state index contributed by atoms with van der Waals surface area (Å²) in [7, 11) is -1.81. The van der Waals surface area contributed by atoms with E-state index in [4.69, 9.17) is 9.16 Å². The summed E-state index contributed by atoms with van der Waals surface area (Å²) >= 11 is 0. The maximum Gasteiger partial charge on any atom is 0.338 e. The topological polar surface area (TPSA) is 35.5 Å². The number of carbonyl (C=O) groups is 1. The van der Waals surface area contributed by atoms with Crippen LogP contribution in [-0.4, -0.2) is 27.0 Å². The average Bonchev–Trinajstić information content (AvgIpc) is 2.66. The molecule has 0 N–H and O–H groups in total. The maximum atomic E-state index is 12.8. The van der Waals surface area contributed by atoms with E-state index in [2.05, 4.69) is 68.1 Å². The monoisotopic (exact) mass is 442 g/mol. The first-order chi connectivity index (χ1) is 14.2. The molecule has 31 heavy (non-hydrogen) atoms. The van der Waals surface area contributed by atoms with Crippen molar-refractivity contribution in [2.75, 3.05) is 6.61 Å². The van der Waals surface area contributed by atoms with Crippen LogP contribution in [0.25, 0.3) is 0 Å². The van der Waals surface area contributed by atoms with Crippen LogP contribution in [0.15, 0.2) is 53.6 Å². The van der Waals surface area contributed by atoms with Crippen LogP contribution < -0.4 is 0 Å². The van der Waals surface area contributed by atoms with E-state index in [0.29, 0.717) is 12.2 Å². The van der Waals surface area contributed by atoms with Gasteiger partial charge in [-0.3, -0.25) is 0 Å². The second-order valence-electron chi connectivity index (χ2n) is 11.1. The van der Waals surface area contributed by atoms with Crippen molar-refractivity contribution in [3.05, 3.63) is 59.2 Å². The number of esters is 1. The minimum atomic E-state index is -1.81. The van der Waals surface area contributed by atoms with Crippen LogP contribution in [0.4, 0.5) is 0 Å². The molecule has 0 saturated heterocycles. The van der Waals surface area contributed by atoms with E-state index in [0.717, 1.165) is 18.4 Å². The number of ether oxygens (including phenoxy) is 1. The van der Waals surface area contributed by atoms with Crippen LogP contribution in [0.1, 0.15) is 71.7 Å². The van der Waals surface area contributed by atoms with E-state index in [1.54, 1.807) is 12.1 Å². The van der Waals surface area contributed by atoms with Gasteiger partial charge in [-0.1, -0.05) is 70.5 Å². The van der Waals surface area contributed by atoms with Crippen LogP contribution in [0.2, 0.25) is 18.1 Å². The van der Waals surface area contributed by atoms with E-state index in [-0.39, 0.29) is 28.4 Å². The number of benzene rings is 1. The molecule has 0 aliphatic heterocycles. The predicted molar refractivity (Wildman–Crippen MR) is 133 cm³/mol. The van der Waals surface area contributed by atoms with Gasteiger partial charge in [-0.2, -0.15) is 0 Å². The summed E-state index contributed by atoms with van der Waals surface area (Å²) in [6.45, 7) is 25.2. The molecule has 0 saturated carbocycles. The third-order valence-corrected chi connectivity index (χ3v) is 12.1.